The van der Waals surface area contributed by atoms with Crippen LogP contribution in [0.3, 0.4) is 0 Å². The Morgan fingerprint density at radius 2 is 2.47 bits per heavy atom. The van der Waals surface area contributed by atoms with Crippen LogP contribution in [0.15, 0.2) is 10.7 Å². The van der Waals surface area contributed by atoms with Crippen molar-refractivity contribution >= 4 is 33.3 Å². The van der Waals surface area contributed by atoms with Crippen molar-refractivity contribution in [2.24, 2.45) is 5.92 Å². The summed E-state index contributed by atoms with van der Waals surface area (Å²) in [4.78, 5) is 8.03. The van der Waals surface area contributed by atoms with E-state index < -0.39 is 0 Å². The molecule has 2 unspecified atom stereocenters. The second kappa shape index (κ2) is 5.98. The molecule has 1 N–H and O–H groups in total. The van der Waals surface area contributed by atoms with Crippen molar-refractivity contribution in [2.75, 3.05) is 18.5 Å². The Labute approximate surface area is 114 Å². The molecule has 2 atom stereocenters. The summed E-state index contributed by atoms with van der Waals surface area (Å²) >= 11 is 9.16. The standard InChI is InChI=1S/C11H15BrClN3O/c1-2-9-7(3-4-17-9)5-14-10-8(12)6-15-11(13)16-10/h6-7,9H,2-5H2,1H3,(H,14,15,16). The van der Waals surface area contributed by atoms with E-state index in [0.29, 0.717) is 12.0 Å². The predicted octanol–water partition coefficient (Wildman–Crippen LogP) is 3.12. The van der Waals surface area contributed by atoms with Gasteiger partial charge in [0.1, 0.15) is 5.82 Å². The van der Waals surface area contributed by atoms with E-state index in [4.69, 9.17) is 16.3 Å². The van der Waals surface area contributed by atoms with Gasteiger partial charge in [-0.25, -0.2) is 4.98 Å². The quantitative estimate of drug-likeness (QED) is 0.866. The van der Waals surface area contributed by atoms with Gasteiger partial charge in [0.25, 0.3) is 0 Å². The average Bonchev–Trinajstić information content (AvgIpc) is 2.77. The number of nitrogens with zero attached hydrogens (tertiary/aromatic N) is 2. The molecule has 2 rings (SSSR count). The van der Waals surface area contributed by atoms with E-state index in [1.54, 1.807) is 6.20 Å². The second-order valence-electron chi connectivity index (χ2n) is 4.08. The molecule has 94 valence electrons. The molecule has 0 bridgehead atoms. The summed E-state index contributed by atoms with van der Waals surface area (Å²) < 4.78 is 6.47. The van der Waals surface area contributed by atoms with Crippen LogP contribution < -0.4 is 5.32 Å². The molecular weight excluding hydrogens is 305 g/mol. The van der Waals surface area contributed by atoms with Gasteiger partial charge in [0.05, 0.1) is 10.6 Å². The van der Waals surface area contributed by atoms with Crippen LogP contribution in [-0.2, 0) is 4.74 Å². The molecule has 0 aliphatic carbocycles. The zero-order valence-corrected chi connectivity index (χ0v) is 12.0. The van der Waals surface area contributed by atoms with E-state index in [1.165, 1.54) is 0 Å². The first-order valence-corrected chi connectivity index (χ1v) is 6.91. The fourth-order valence-electron chi connectivity index (χ4n) is 2.07. The minimum atomic E-state index is 0.255. The molecule has 1 aromatic heterocycles. The van der Waals surface area contributed by atoms with Gasteiger partial charge in [0.15, 0.2) is 0 Å². The van der Waals surface area contributed by atoms with E-state index in [9.17, 15) is 0 Å². The molecule has 1 aromatic rings. The molecule has 0 aromatic carbocycles. The van der Waals surface area contributed by atoms with Gasteiger partial charge in [0, 0.05) is 25.3 Å². The summed E-state index contributed by atoms with van der Waals surface area (Å²) in [5.74, 6) is 1.28. The van der Waals surface area contributed by atoms with Crippen molar-refractivity contribution < 1.29 is 4.74 Å². The Bertz CT molecular complexity index is 391. The normalized spacial score (nSPS) is 23.9. The van der Waals surface area contributed by atoms with Gasteiger partial charge in [-0.1, -0.05) is 6.92 Å². The van der Waals surface area contributed by atoms with Crippen molar-refractivity contribution in [3.63, 3.8) is 0 Å². The van der Waals surface area contributed by atoms with Gasteiger partial charge in [0.2, 0.25) is 5.28 Å². The SMILES string of the molecule is CCC1OCCC1CNc1nc(Cl)ncc1Br. The molecule has 1 aliphatic heterocycles. The number of ether oxygens (including phenoxy) is 1. The zero-order chi connectivity index (χ0) is 12.3. The summed E-state index contributed by atoms with van der Waals surface area (Å²) in [6, 6.07) is 0. The molecule has 0 spiro atoms. The van der Waals surface area contributed by atoms with Crippen LogP contribution in [0.2, 0.25) is 5.28 Å². The average molecular weight is 321 g/mol. The fraction of sp³-hybridized carbons (Fsp3) is 0.636. The maximum atomic E-state index is 5.76. The van der Waals surface area contributed by atoms with E-state index in [1.807, 2.05) is 0 Å². The van der Waals surface area contributed by atoms with E-state index in [0.717, 1.165) is 36.3 Å². The molecule has 4 nitrogen and oxygen atoms in total. The molecule has 0 amide bonds. The van der Waals surface area contributed by atoms with E-state index in [2.05, 4.69) is 38.1 Å². The molecule has 2 heterocycles. The number of nitrogens with one attached hydrogen (secondary N) is 1. The summed E-state index contributed by atoms with van der Waals surface area (Å²) in [5, 5.41) is 3.55. The highest BCUT2D eigenvalue weighted by Gasteiger charge is 2.26. The third-order valence-corrected chi connectivity index (χ3v) is 3.76. The molecule has 0 saturated carbocycles. The van der Waals surface area contributed by atoms with Crippen LogP contribution in [-0.4, -0.2) is 29.2 Å². The lowest BCUT2D eigenvalue weighted by atomic mass is 10.00. The highest BCUT2D eigenvalue weighted by molar-refractivity contribution is 9.10. The largest absolute Gasteiger partial charge is 0.378 e. The number of halogens is 2. The molecule has 1 fully saturated rings. The molecule has 6 heteroatoms. The summed E-state index contributed by atoms with van der Waals surface area (Å²) in [6.07, 6.45) is 4.17. The molecule has 0 radical (unpaired) electrons. The maximum absolute atomic E-state index is 5.76. The smallest absolute Gasteiger partial charge is 0.224 e. The van der Waals surface area contributed by atoms with Gasteiger partial charge >= 0.3 is 0 Å². The molecule has 17 heavy (non-hydrogen) atoms. The first-order chi connectivity index (χ1) is 8.20. The van der Waals surface area contributed by atoms with Crippen LogP contribution in [0.25, 0.3) is 0 Å². The minimum Gasteiger partial charge on any atom is -0.378 e. The van der Waals surface area contributed by atoms with Crippen molar-refractivity contribution in [1.29, 1.82) is 0 Å². The fourth-order valence-corrected chi connectivity index (χ4v) is 2.54. The van der Waals surface area contributed by atoms with Crippen molar-refractivity contribution in [2.45, 2.75) is 25.9 Å². The van der Waals surface area contributed by atoms with Crippen LogP contribution in [0.5, 0.6) is 0 Å². The number of anilines is 1. The van der Waals surface area contributed by atoms with Crippen LogP contribution >= 0.6 is 27.5 Å². The van der Waals surface area contributed by atoms with Crippen LogP contribution in [0.1, 0.15) is 19.8 Å². The van der Waals surface area contributed by atoms with Crippen LogP contribution in [0.4, 0.5) is 5.82 Å². The Morgan fingerprint density at radius 3 is 3.24 bits per heavy atom. The third-order valence-electron chi connectivity index (χ3n) is 3.00. The van der Waals surface area contributed by atoms with E-state index in [-0.39, 0.29) is 5.28 Å². The van der Waals surface area contributed by atoms with Gasteiger partial charge < -0.3 is 10.1 Å². The van der Waals surface area contributed by atoms with Crippen molar-refractivity contribution in [1.82, 2.24) is 9.97 Å². The number of rotatable bonds is 4. The molecular formula is C11H15BrClN3O. The Hall–Kier alpha value is -0.390. The molecule has 1 saturated heterocycles. The zero-order valence-electron chi connectivity index (χ0n) is 9.62. The van der Waals surface area contributed by atoms with Gasteiger partial charge in [-0.2, -0.15) is 4.98 Å². The van der Waals surface area contributed by atoms with Gasteiger partial charge in [-0.3, -0.25) is 0 Å². The third kappa shape index (κ3) is 3.30. The second-order valence-corrected chi connectivity index (χ2v) is 5.28. The Kier molecular flexibility index (Phi) is 4.59. The Balaban J connectivity index is 1.95. The number of hydrogen-bond acceptors (Lipinski definition) is 4. The van der Waals surface area contributed by atoms with Crippen LogP contribution in [0, 0.1) is 5.92 Å². The maximum Gasteiger partial charge on any atom is 0.224 e. The topological polar surface area (TPSA) is 47.0 Å². The van der Waals surface area contributed by atoms with E-state index >= 15 is 0 Å². The molecule has 1 aliphatic rings. The van der Waals surface area contributed by atoms with Crippen molar-refractivity contribution in [3.8, 4) is 0 Å². The lowest BCUT2D eigenvalue weighted by Crippen LogP contribution is -2.23. The summed E-state index contributed by atoms with van der Waals surface area (Å²) in [7, 11) is 0. The minimum absolute atomic E-state index is 0.255. The highest BCUT2D eigenvalue weighted by Crippen LogP contribution is 2.25. The van der Waals surface area contributed by atoms with Crippen molar-refractivity contribution in [3.05, 3.63) is 16.0 Å². The van der Waals surface area contributed by atoms with Gasteiger partial charge in [-0.05, 0) is 40.4 Å². The number of aromatic nitrogens is 2. The monoisotopic (exact) mass is 319 g/mol. The highest BCUT2D eigenvalue weighted by atomic mass is 79.9. The number of hydrogen-bond donors (Lipinski definition) is 1. The summed E-state index contributed by atoms with van der Waals surface area (Å²) in [6.45, 7) is 3.86. The lowest BCUT2D eigenvalue weighted by molar-refractivity contribution is 0.0900. The summed E-state index contributed by atoms with van der Waals surface area (Å²) in [5.41, 5.74) is 0. The first kappa shape index (κ1) is 13.1. The predicted molar refractivity (Wildman–Crippen MR) is 71.4 cm³/mol. The Morgan fingerprint density at radius 1 is 1.65 bits per heavy atom. The first-order valence-electron chi connectivity index (χ1n) is 5.74. The van der Waals surface area contributed by atoms with Gasteiger partial charge in [-0.15, -0.1) is 0 Å². The lowest BCUT2D eigenvalue weighted by Gasteiger charge is -2.17.